The monoisotopic (exact) mass is 774 g/mol. The number of fused-ring (bicyclic) bond motifs is 1. The van der Waals surface area contributed by atoms with Gasteiger partial charge in [-0.15, -0.1) is 5.11 Å². The number of hydrogen-bond acceptors (Lipinski definition) is 18. The Morgan fingerprint density at radius 3 is 1.91 bits per heavy atom. The van der Waals surface area contributed by atoms with Gasteiger partial charge in [0.25, 0.3) is 0 Å². The van der Waals surface area contributed by atoms with Crippen molar-refractivity contribution in [2.24, 2.45) is 10.2 Å². The Balaban J connectivity index is 0.00000484. The number of nitrogens with zero attached hydrogens (tertiary/aromatic N) is 5. The number of azo groups is 1. The molecule has 0 unspecified atom stereocenters. The van der Waals surface area contributed by atoms with Crippen LogP contribution < -0.4 is 110 Å². The molecule has 26 heteroatoms. The van der Waals surface area contributed by atoms with Crippen molar-refractivity contribution in [3.8, 4) is 11.5 Å². The van der Waals surface area contributed by atoms with E-state index in [1.54, 1.807) is 0 Å². The van der Waals surface area contributed by atoms with Crippen LogP contribution in [0, 0.1) is 0 Å². The summed E-state index contributed by atoms with van der Waals surface area (Å²) >= 11 is 5.72. The number of anilines is 3. The van der Waals surface area contributed by atoms with Gasteiger partial charge >= 0.3 is 106 Å². The molecule has 1 heterocycles. The normalized spacial score (nSPS) is 11.6. The van der Waals surface area contributed by atoms with Gasteiger partial charge < -0.3 is 34.9 Å². The summed E-state index contributed by atoms with van der Waals surface area (Å²) in [7, 11) is -15.9. The SMILES string of the molecule is Nc1nc(Cl)nc(Nc2cc(S(=O)(=O)[O-])cc3cc(S(=O)(=O)[O-])c(N=Nc4cc(S(=O)(=O)[O-])ccc4[O-])c([O-])c23)n1.[Cu+2].[Na+].[Na+].[Na+]. The topological polar surface area (TPSA) is 319 Å². The van der Waals surface area contributed by atoms with Crippen LogP contribution in [-0.2, 0) is 47.4 Å². The predicted molar refractivity (Wildman–Crippen MR) is 130 cm³/mol. The standard InChI is InChI=1S/C19H14ClN7O11S3.Cu.3Na/c20-17-23-18(21)25-19(24-17)22-11-6-9(40(33,34)35)3-7-4-13(41(36,37)38)15(16(29)14(7)11)27-26-10-5-8(39(30,31)32)1-2-12(10)28;;;;/h1-6,28-29H,(H,30,31,32)(H,33,34,35)(H,36,37,38)(H3,21,22,23,24,25);;;;/q;+2;3*+1/p-5. The van der Waals surface area contributed by atoms with Gasteiger partial charge in [0, 0.05) is 5.69 Å². The van der Waals surface area contributed by atoms with Crippen LogP contribution in [0.5, 0.6) is 11.5 Å². The summed E-state index contributed by atoms with van der Waals surface area (Å²) in [4.78, 5) is 7.64. The molecule has 4 rings (SSSR count). The molecule has 0 saturated heterocycles. The van der Waals surface area contributed by atoms with Crippen LogP contribution in [0.1, 0.15) is 0 Å². The Morgan fingerprint density at radius 2 is 1.38 bits per heavy atom. The van der Waals surface area contributed by atoms with Gasteiger partial charge in [-0.3, -0.25) is 0 Å². The summed E-state index contributed by atoms with van der Waals surface area (Å²) in [5, 5.41) is 33.1. The zero-order valence-corrected chi connectivity index (χ0v) is 32.8. The molecule has 4 aromatic rings. The van der Waals surface area contributed by atoms with Gasteiger partial charge in [0.1, 0.15) is 30.4 Å². The molecule has 0 aliphatic heterocycles. The van der Waals surface area contributed by atoms with E-state index in [-0.39, 0.29) is 106 Å². The molecule has 1 radical (unpaired) electrons. The van der Waals surface area contributed by atoms with Crippen molar-refractivity contribution in [1.29, 1.82) is 0 Å². The van der Waals surface area contributed by atoms with E-state index >= 15 is 0 Å². The molecule has 0 aliphatic rings. The molecule has 0 aliphatic carbocycles. The Kier molecular flexibility index (Phi) is 16.3. The quantitative estimate of drug-likeness (QED) is 0.100. The average Bonchev–Trinajstić information content (AvgIpc) is 2.81. The third-order valence-electron chi connectivity index (χ3n) is 5.01. The van der Waals surface area contributed by atoms with Crippen molar-refractivity contribution in [1.82, 2.24) is 15.0 Å². The molecule has 45 heavy (non-hydrogen) atoms. The second-order valence-electron chi connectivity index (χ2n) is 7.72. The van der Waals surface area contributed by atoms with Gasteiger partial charge in [0.05, 0.1) is 26.1 Å². The summed E-state index contributed by atoms with van der Waals surface area (Å²) in [6.45, 7) is 0. The van der Waals surface area contributed by atoms with Crippen molar-refractivity contribution < 1.29 is 155 Å². The molecule has 18 nitrogen and oxygen atoms in total. The van der Waals surface area contributed by atoms with E-state index in [4.69, 9.17) is 17.3 Å². The smallest absolute Gasteiger partial charge is 0.871 e. The Labute approximate surface area is 336 Å². The Bertz CT molecular complexity index is 2110. The zero-order valence-electron chi connectivity index (χ0n) is 22.7. The number of rotatable bonds is 7. The van der Waals surface area contributed by atoms with Crippen molar-refractivity contribution in [3.63, 3.8) is 0 Å². The van der Waals surface area contributed by atoms with Crippen LogP contribution >= 0.6 is 11.6 Å². The molecule has 3 N–H and O–H groups in total. The summed E-state index contributed by atoms with van der Waals surface area (Å²) in [5.41, 5.74) is 2.94. The van der Waals surface area contributed by atoms with Gasteiger partial charge in [-0.1, -0.05) is 17.6 Å². The van der Waals surface area contributed by atoms with Crippen LogP contribution in [0.15, 0.2) is 61.3 Å². The first-order valence-corrected chi connectivity index (χ1v) is 14.8. The van der Waals surface area contributed by atoms with Crippen molar-refractivity contribution >= 4 is 81.7 Å². The minimum absolute atomic E-state index is 0. The second kappa shape index (κ2) is 16.6. The maximum Gasteiger partial charge on any atom is 2.00 e. The first kappa shape index (κ1) is 44.3. The number of nitrogen functional groups attached to an aromatic ring is 1. The van der Waals surface area contributed by atoms with Crippen molar-refractivity contribution in [2.45, 2.75) is 14.7 Å². The summed E-state index contributed by atoms with van der Waals surface area (Å²) in [6.07, 6.45) is 0. The van der Waals surface area contributed by atoms with E-state index in [0.29, 0.717) is 36.4 Å². The van der Waals surface area contributed by atoms with Gasteiger partial charge in [0.2, 0.25) is 17.2 Å². The minimum atomic E-state index is -5.57. The minimum Gasteiger partial charge on any atom is -0.871 e. The Hall–Kier alpha value is -0.731. The molecular weight excluding hydrogens is 766 g/mol. The van der Waals surface area contributed by atoms with Crippen molar-refractivity contribution in [2.75, 3.05) is 11.1 Å². The molecule has 3 aromatic carbocycles. The van der Waals surface area contributed by atoms with Gasteiger partial charge in [0.15, 0.2) is 0 Å². The molecule has 0 spiro atoms. The molecule has 0 saturated carbocycles. The fourth-order valence-corrected chi connectivity index (χ4v) is 5.18. The molecule has 0 bridgehead atoms. The first-order chi connectivity index (χ1) is 18.8. The van der Waals surface area contributed by atoms with Crippen LogP contribution in [0.3, 0.4) is 0 Å². The van der Waals surface area contributed by atoms with E-state index in [1.807, 2.05) is 0 Å². The van der Waals surface area contributed by atoms with E-state index in [0.717, 1.165) is 0 Å². The molecule has 225 valence electrons. The van der Waals surface area contributed by atoms with Crippen molar-refractivity contribution in [3.05, 3.63) is 41.7 Å². The first-order valence-electron chi connectivity index (χ1n) is 10.2. The number of nitrogens with one attached hydrogen (secondary N) is 1. The third-order valence-corrected chi connectivity index (χ3v) is 7.67. The molecular formula is C19H9ClCuN7Na3O11S3. The maximum absolute atomic E-state index is 13.5. The van der Waals surface area contributed by atoms with Crippen LogP contribution in [-0.4, -0.2) is 53.9 Å². The molecule has 0 amide bonds. The zero-order chi connectivity index (χ0) is 30.5. The second-order valence-corrected chi connectivity index (χ2v) is 12.2. The van der Waals surface area contributed by atoms with Gasteiger partial charge in [-0.05, 0) is 52.7 Å². The summed E-state index contributed by atoms with van der Waals surface area (Å²) in [5.74, 6) is -3.28. The number of nitrogens with two attached hydrogens (primary N) is 1. The Morgan fingerprint density at radius 1 is 0.778 bits per heavy atom. The molecule has 0 atom stereocenters. The molecule has 0 fully saturated rings. The third kappa shape index (κ3) is 10.6. The fourth-order valence-electron chi connectivity index (χ4n) is 3.35. The van der Waals surface area contributed by atoms with Crippen LogP contribution in [0.4, 0.5) is 29.0 Å². The number of aromatic nitrogens is 3. The average molecular weight is 775 g/mol. The number of benzene rings is 3. The molecule has 1 aromatic heterocycles. The number of hydrogen-bond donors (Lipinski definition) is 2. The van der Waals surface area contributed by atoms with Crippen LogP contribution in [0.25, 0.3) is 10.8 Å². The van der Waals surface area contributed by atoms with Gasteiger partial charge in [-0.2, -0.15) is 20.1 Å². The largest absolute Gasteiger partial charge is 2.00 e. The van der Waals surface area contributed by atoms with Gasteiger partial charge in [-0.25, -0.2) is 25.3 Å². The van der Waals surface area contributed by atoms with E-state index < -0.39 is 102 Å². The summed E-state index contributed by atoms with van der Waals surface area (Å²) in [6, 6.07) is 3.59. The van der Waals surface area contributed by atoms with E-state index in [1.165, 1.54) is 0 Å². The predicted octanol–water partition coefficient (Wildman–Crippen LogP) is -8.71. The van der Waals surface area contributed by atoms with E-state index in [2.05, 4.69) is 30.5 Å². The fraction of sp³-hybridized carbons (Fsp3) is 0. The van der Waals surface area contributed by atoms with Crippen LogP contribution in [0.2, 0.25) is 5.28 Å². The maximum atomic E-state index is 13.5. The van der Waals surface area contributed by atoms with E-state index in [9.17, 15) is 49.1 Å². The summed E-state index contributed by atoms with van der Waals surface area (Å²) < 4.78 is 105. The number of halogens is 1.